The summed E-state index contributed by atoms with van der Waals surface area (Å²) in [5.41, 5.74) is 9.60. The first-order chi connectivity index (χ1) is 29.9. The molecule has 5 heteroatoms. The molecule has 0 radical (unpaired) electrons. The van der Waals surface area contributed by atoms with Crippen LogP contribution in [-0.2, 0) is 0 Å². The number of para-hydroxylation sites is 2. The van der Waals surface area contributed by atoms with Crippen molar-refractivity contribution < 1.29 is 0 Å². The molecular formula is C56H46N4Si. The van der Waals surface area contributed by atoms with Crippen molar-refractivity contribution >= 4 is 77.9 Å². The van der Waals surface area contributed by atoms with E-state index in [0.717, 1.165) is 33.6 Å². The van der Waals surface area contributed by atoms with Crippen LogP contribution in [0.1, 0.15) is 50.7 Å². The topological polar surface area (TPSA) is 35.1 Å². The lowest BCUT2D eigenvalue weighted by molar-refractivity contribution is 0.836. The summed E-state index contributed by atoms with van der Waals surface area (Å²) in [6.07, 6.45) is 4.02. The van der Waals surface area contributed by atoms with Gasteiger partial charge in [-0.05, 0) is 79.4 Å². The SMILES string of the molecule is CC(C)c1cccc(C(C)C)c1-c1cnc2c3cc([Si](c4ccccc4)(c4ccccc4)c4ccc5c6ccccc6n(-c6ccccn6)c5c4)ccc3c3ccccc3n12. The molecule has 0 atom stereocenters. The summed E-state index contributed by atoms with van der Waals surface area (Å²) < 4.78 is 4.78. The average Bonchev–Trinajstić information content (AvgIpc) is 3.90. The van der Waals surface area contributed by atoms with Gasteiger partial charge in [-0.1, -0.05) is 179 Å². The molecule has 0 bridgehead atoms. The molecule has 0 aliphatic heterocycles. The highest BCUT2D eigenvalue weighted by molar-refractivity contribution is 7.20. The number of hydrogen-bond donors (Lipinski definition) is 0. The summed E-state index contributed by atoms with van der Waals surface area (Å²) in [5.74, 6) is 1.62. The van der Waals surface area contributed by atoms with E-state index >= 15 is 0 Å². The standard InChI is InChI=1S/C56H46N4Si/c1-37(2)43-24-17-25-44(38(3)4)55(43)53-36-58-56-49-34-41(29-31-45(49)46-22-11-14-27-51(46)60(53)56)61(39-18-7-5-8-19-39,40-20-9-6-10-21-40)42-30-32-48-47-23-12-13-26-50(47)59(52(48)35-42)54-28-15-16-33-57-54/h5-38H,1-4H3. The lowest BCUT2D eigenvalue weighted by atomic mass is 9.87. The van der Waals surface area contributed by atoms with E-state index in [1.165, 1.54) is 64.5 Å². The van der Waals surface area contributed by atoms with Gasteiger partial charge in [-0.25, -0.2) is 9.97 Å². The summed E-state index contributed by atoms with van der Waals surface area (Å²) >= 11 is 0. The third-order valence-corrected chi connectivity index (χ3v) is 17.7. The molecule has 0 aliphatic rings. The van der Waals surface area contributed by atoms with E-state index in [4.69, 9.17) is 9.97 Å². The Morgan fingerprint density at radius 3 is 1.62 bits per heavy atom. The minimum absolute atomic E-state index is 0.356. The molecule has 4 heterocycles. The van der Waals surface area contributed by atoms with Crippen LogP contribution in [0.2, 0.25) is 0 Å². The quantitative estimate of drug-likeness (QED) is 0.0871. The molecule has 11 aromatic rings. The molecule has 0 amide bonds. The molecule has 4 nitrogen and oxygen atoms in total. The van der Waals surface area contributed by atoms with Crippen molar-refractivity contribution in [3.63, 3.8) is 0 Å². The normalized spacial score (nSPS) is 12.2. The molecule has 0 fully saturated rings. The van der Waals surface area contributed by atoms with Crippen LogP contribution in [0.15, 0.2) is 194 Å². The third-order valence-electron chi connectivity index (χ3n) is 12.9. The number of nitrogens with zero attached hydrogens (tertiary/aromatic N) is 4. The maximum Gasteiger partial charge on any atom is 0.179 e. The Labute approximate surface area is 357 Å². The molecule has 0 spiro atoms. The second-order valence-electron chi connectivity index (χ2n) is 17.0. The van der Waals surface area contributed by atoms with E-state index in [2.05, 4.69) is 219 Å². The van der Waals surface area contributed by atoms with Crippen LogP contribution in [0.25, 0.3) is 66.2 Å². The van der Waals surface area contributed by atoms with Gasteiger partial charge in [0.25, 0.3) is 0 Å². The molecule has 61 heavy (non-hydrogen) atoms. The van der Waals surface area contributed by atoms with Gasteiger partial charge in [0.15, 0.2) is 8.07 Å². The number of hydrogen-bond acceptors (Lipinski definition) is 2. The first kappa shape index (κ1) is 37.0. The largest absolute Gasteiger partial charge is 0.294 e. The van der Waals surface area contributed by atoms with Crippen LogP contribution in [0.5, 0.6) is 0 Å². The van der Waals surface area contributed by atoms with Gasteiger partial charge < -0.3 is 0 Å². The lowest BCUT2D eigenvalue weighted by Crippen LogP contribution is -2.74. The Kier molecular flexibility index (Phi) is 8.83. The van der Waals surface area contributed by atoms with Gasteiger partial charge in [0, 0.05) is 33.3 Å². The third kappa shape index (κ3) is 5.64. The van der Waals surface area contributed by atoms with Gasteiger partial charge in [-0.15, -0.1) is 0 Å². The lowest BCUT2D eigenvalue weighted by Gasteiger charge is -2.35. The molecule has 0 unspecified atom stereocenters. The van der Waals surface area contributed by atoms with Gasteiger partial charge >= 0.3 is 0 Å². The van der Waals surface area contributed by atoms with Crippen molar-refractivity contribution in [1.82, 2.24) is 18.9 Å². The molecular weight excluding hydrogens is 757 g/mol. The molecule has 0 aliphatic carbocycles. The number of pyridine rings is 2. The fourth-order valence-corrected chi connectivity index (χ4v) is 15.0. The number of fused-ring (bicyclic) bond motifs is 9. The summed E-state index contributed by atoms with van der Waals surface area (Å²) in [6, 6.07) is 67.6. The van der Waals surface area contributed by atoms with Gasteiger partial charge in [0.2, 0.25) is 0 Å². The second kappa shape index (κ2) is 14.6. The maximum atomic E-state index is 5.39. The van der Waals surface area contributed by atoms with Gasteiger partial charge in [0.05, 0.1) is 28.4 Å². The van der Waals surface area contributed by atoms with Crippen molar-refractivity contribution in [2.75, 3.05) is 0 Å². The highest BCUT2D eigenvalue weighted by atomic mass is 28.3. The zero-order valence-corrected chi connectivity index (χ0v) is 35.9. The minimum Gasteiger partial charge on any atom is -0.294 e. The van der Waals surface area contributed by atoms with Crippen molar-refractivity contribution in [3.05, 3.63) is 206 Å². The minimum atomic E-state index is -3.04. The van der Waals surface area contributed by atoms with Crippen molar-refractivity contribution in [3.8, 4) is 17.1 Å². The number of rotatable bonds is 8. The van der Waals surface area contributed by atoms with E-state index in [1.54, 1.807) is 0 Å². The van der Waals surface area contributed by atoms with Crippen LogP contribution in [-0.4, -0.2) is 27.0 Å². The summed E-state index contributed by atoms with van der Waals surface area (Å²) in [7, 11) is -3.04. The van der Waals surface area contributed by atoms with Crippen molar-refractivity contribution in [2.45, 2.75) is 39.5 Å². The molecule has 0 saturated carbocycles. The van der Waals surface area contributed by atoms with Gasteiger partial charge in [0.1, 0.15) is 11.5 Å². The molecule has 0 saturated heterocycles. The van der Waals surface area contributed by atoms with E-state index in [1.807, 2.05) is 12.3 Å². The molecule has 7 aromatic carbocycles. The van der Waals surface area contributed by atoms with Crippen LogP contribution >= 0.6 is 0 Å². The van der Waals surface area contributed by atoms with E-state index < -0.39 is 8.07 Å². The van der Waals surface area contributed by atoms with Crippen molar-refractivity contribution in [2.24, 2.45) is 0 Å². The zero-order valence-electron chi connectivity index (χ0n) is 34.9. The smallest absolute Gasteiger partial charge is 0.179 e. The Morgan fingerprint density at radius 2 is 0.984 bits per heavy atom. The van der Waals surface area contributed by atoms with Crippen LogP contribution in [0.4, 0.5) is 0 Å². The number of benzene rings is 7. The molecule has 0 N–H and O–H groups in total. The average molecular weight is 803 g/mol. The van der Waals surface area contributed by atoms with Gasteiger partial charge in [-0.2, -0.15) is 0 Å². The van der Waals surface area contributed by atoms with Crippen LogP contribution < -0.4 is 20.7 Å². The van der Waals surface area contributed by atoms with Crippen LogP contribution in [0.3, 0.4) is 0 Å². The molecule has 4 aromatic heterocycles. The molecule has 11 rings (SSSR count). The first-order valence-corrected chi connectivity index (χ1v) is 23.5. The predicted octanol–water partition coefficient (Wildman–Crippen LogP) is 11.4. The Morgan fingerprint density at radius 1 is 0.426 bits per heavy atom. The summed E-state index contributed by atoms with van der Waals surface area (Å²) in [6.45, 7) is 9.21. The van der Waals surface area contributed by atoms with E-state index in [9.17, 15) is 0 Å². The number of aromatic nitrogens is 4. The Balaban J connectivity index is 1.27. The first-order valence-electron chi connectivity index (χ1n) is 21.5. The fourth-order valence-electron chi connectivity index (χ4n) is 10.2. The highest BCUT2D eigenvalue weighted by Gasteiger charge is 2.42. The van der Waals surface area contributed by atoms with Crippen LogP contribution in [0, 0.1) is 0 Å². The fraction of sp³-hybridized carbons (Fsp3) is 0.107. The van der Waals surface area contributed by atoms with Crippen molar-refractivity contribution in [1.29, 1.82) is 0 Å². The summed E-state index contributed by atoms with van der Waals surface area (Å²) in [4.78, 5) is 10.3. The zero-order chi connectivity index (χ0) is 41.2. The highest BCUT2D eigenvalue weighted by Crippen LogP contribution is 2.40. The molecule has 294 valence electrons. The Hall–Kier alpha value is -7.08. The van der Waals surface area contributed by atoms with E-state index in [-0.39, 0.29) is 0 Å². The monoisotopic (exact) mass is 802 g/mol. The second-order valence-corrected chi connectivity index (χ2v) is 20.8. The van der Waals surface area contributed by atoms with E-state index in [0.29, 0.717) is 11.8 Å². The number of imidazole rings is 1. The maximum absolute atomic E-state index is 5.39. The Bertz CT molecular complexity index is 3350. The summed E-state index contributed by atoms with van der Waals surface area (Å²) in [5, 5.41) is 11.3. The predicted molar refractivity (Wildman–Crippen MR) is 260 cm³/mol. The van der Waals surface area contributed by atoms with Gasteiger partial charge in [-0.3, -0.25) is 8.97 Å².